The van der Waals surface area contributed by atoms with E-state index in [0.717, 1.165) is 48.7 Å². The first kappa shape index (κ1) is 15.6. The molecule has 0 aliphatic carbocycles. The Morgan fingerprint density at radius 3 is 2.71 bits per heavy atom. The number of hydrogen-bond acceptors (Lipinski definition) is 2. The molecule has 21 heavy (non-hydrogen) atoms. The highest BCUT2D eigenvalue weighted by Gasteiger charge is 2.18. The van der Waals surface area contributed by atoms with Crippen molar-refractivity contribution in [2.75, 3.05) is 6.54 Å². The van der Waals surface area contributed by atoms with Crippen molar-refractivity contribution in [3.8, 4) is 0 Å². The highest BCUT2D eigenvalue weighted by Crippen LogP contribution is 2.28. The summed E-state index contributed by atoms with van der Waals surface area (Å²) >= 11 is 0. The van der Waals surface area contributed by atoms with Gasteiger partial charge < -0.3 is 15.4 Å². The van der Waals surface area contributed by atoms with Crippen molar-refractivity contribution in [2.45, 2.75) is 46.1 Å². The number of benzene rings is 1. The Kier molecular flexibility index (Phi) is 5.02. The molecule has 4 nitrogen and oxygen atoms in total. The first-order chi connectivity index (χ1) is 10.1. The molecular weight excluding hydrogens is 264 g/mol. The number of nitrogens with two attached hydrogens (primary N) is 1. The Labute approximate surface area is 125 Å². The molecule has 2 aromatic rings. The number of aromatic nitrogens is 1. The van der Waals surface area contributed by atoms with E-state index >= 15 is 0 Å². The largest absolute Gasteiger partial charge is 0.478 e. The molecule has 1 heterocycles. The van der Waals surface area contributed by atoms with Gasteiger partial charge in [-0.1, -0.05) is 25.5 Å². The second-order valence-corrected chi connectivity index (χ2v) is 5.55. The van der Waals surface area contributed by atoms with Crippen LogP contribution in [0.2, 0.25) is 0 Å². The van der Waals surface area contributed by atoms with Crippen LogP contribution in [0.3, 0.4) is 0 Å². The maximum Gasteiger partial charge on any atom is 0.338 e. The third-order valence-electron chi connectivity index (χ3n) is 3.95. The first-order valence-corrected chi connectivity index (χ1v) is 7.64. The van der Waals surface area contributed by atoms with E-state index in [1.165, 1.54) is 5.56 Å². The zero-order valence-corrected chi connectivity index (χ0v) is 12.9. The predicted molar refractivity (Wildman–Crippen MR) is 85.9 cm³/mol. The van der Waals surface area contributed by atoms with Gasteiger partial charge in [0.05, 0.1) is 11.1 Å². The number of unbranched alkanes of at least 4 members (excludes halogenated alkanes) is 1. The molecule has 0 spiro atoms. The number of fused-ring (bicyclic) bond motifs is 1. The van der Waals surface area contributed by atoms with Gasteiger partial charge in [-0.2, -0.15) is 0 Å². The van der Waals surface area contributed by atoms with Gasteiger partial charge in [0.2, 0.25) is 0 Å². The third-order valence-corrected chi connectivity index (χ3v) is 3.95. The van der Waals surface area contributed by atoms with Crippen molar-refractivity contribution in [3.05, 3.63) is 35.0 Å². The van der Waals surface area contributed by atoms with Crippen molar-refractivity contribution in [2.24, 2.45) is 5.73 Å². The smallest absolute Gasteiger partial charge is 0.338 e. The lowest BCUT2D eigenvalue weighted by atomic mass is 10.0. The van der Waals surface area contributed by atoms with Crippen LogP contribution in [0.15, 0.2) is 18.3 Å². The van der Waals surface area contributed by atoms with Crippen molar-refractivity contribution in [1.82, 2.24) is 4.57 Å². The van der Waals surface area contributed by atoms with Gasteiger partial charge in [-0.25, -0.2) is 4.79 Å². The van der Waals surface area contributed by atoms with Gasteiger partial charge in [-0.3, -0.25) is 0 Å². The minimum absolute atomic E-state index is 0.423. The van der Waals surface area contributed by atoms with Gasteiger partial charge in [0.25, 0.3) is 0 Å². The summed E-state index contributed by atoms with van der Waals surface area (Å²) in [6, 6.07) is 3.97. The van der Waals surface area contributed by atoms with Crippen molar-refractivity contribution in [3.63, 3.8) is 0 Å². The minimum atomic E-state index is -0.854. The maximum absolute atomic E-state index is 11.6. The summed E-state index contributed by atoms with van der Waals surface area (Å²) < 4.78 is 2.07. The van der Waals surface area contributed by atoms with Gasteiger partial charge in [-0.05, 0) is 43.9 Å². The molecule has 0 saturated carbocycles. The number of hydrogen-bond donors (Lipinski definition) is 2. The molecule has 0 aliphatic heterocycles. The molecule has 0 bridgehead atoms. The van der Waals surface area contributed by atoms with Crippen LogP contribution >= 0.6 is 0 Å². The van der Waals surface area contributed by atoms with Crippen molar-refractivity contribution >= 4 is 16.9 Å². The highest BCUT2D eigenvalue weighted by molar-refractivity contribution is 6.04. The first-order valence-electron chi connectivity index (χ1n) is 7.64. The van der Waals surface area contributed by atoms with Gasteiger partial charge in [0.15, 0.2) is 0 Å². The summed E-state index contributed by atoms with van der Waals surface area (Å²) in [5, 5.41) is 10.6. The highest BCUT2D eigenvalue weighted by atomic mass is 16.4. The lowest BCUT2D eigenvalue weighted by Gasteiger charge is -2.09. The Morgan fingerprint density at radius 1 is 1.33 bits per heavy atom. The summed E-state index contributed by atoms with van der Waals surface area (Å²) in [4.78, 5) is 11.6. The van der Waals surface area contributed by atoms with Gasteiger partial charge in [0.1, 0.15) is 0 Å². The molecule has 3 N–H and O–H groups in total. The van der Waals surface area contributed by atoms with Crippen LogP contribution < -0.4 is 5.73 Å². The zero-order valence-electron chi connectivity index (χ0n) is 12.9. The molecule has 0 amide bonds. The molecule has 2 rings (SSSR count). The van der Waals surface area contributed by atoms with E-state index in [1.807, 2.05) is 13.0 Å². The SMILES string of the molecule is CCCCc1cn(CCCN)c2c(C(=O)O)c(C)ccc12. The molecule has 1 aromatic heterocycles. The monoisotopic (exact) mass is 288 g/mol. The molecule has 0 fully saturated rings. The summed E-state index contributed by atoms with van der Waals surface area (Å²) in [5.74, 6) is -0.854. The topological polar surface area (TPSA) is 68.2 Å². The van der Waals surface area contributed by atoms with Crippen molar-refractivity contribution in [1.29, 1.82) is 0 Å². The van der Waals surface area contributed by atoms with Crippen LogP contribution in [0, 0.1) is 6.92 Å². The fourth-order valence-corrected chi connectivity index (χ4v) is 2.85. The molecule has 0 saturated heterocycles. The van der Waals surface area contributed by atoms with E-state index in [1.54, 1.807) is 0 Å². The Balaban J connectivity index is 2.62. The fourth-order valence-electron chi connectivity index (χ4n) is 2.85. The molecular formula is C17H24N2O2. The van der Waals surface area contributed by atoms with E-state index in [4.69, 9.17) is 5.73 Å². The van der Waals surface area contributed by atoms with Gasteiger partial charge in [-0.15, -0.1) is 0 Å². The van der Waals surface area contributed by atoms with Crippen LogP contribution in [0.4, 0.5) is 0 Å². The normalized spacial score (nSPS) is 11.2. The molecule has 1 aromatic carbocycles. The summed E-state index contributed by atoms with van der Waals surface area (Å²) in [6.07, 6.45) is 6.20. The van der Waals surface area contributed by atoms with Gasteiger partial charge >= 0.3 is 5.97 Å². The van der Waals surface area contributed by atoms with Crippen LogP contribution in [0.1, 0.15) is 47.7 Å². The predicted octanol–water partition coefficient (Wildman–Crippen LogP) is 3.34. The summed E-state index contributed by atoms with van der Waals surface area (Å²) in [7, 11) is 0. The lowest BCUT2D eigenvalue weighted by molar-refractivity contribution is 0.0698. The maximum atomic E-state index is 11.6. The van der Waals surface area contributed by atoms with Gasteiger partial charge in [0, 0.05) is 18.1 Å². The standard InChI is InChI=1S/C17H24N2O2/c1-3-4-6-13-11-19(10-5-9-18)16-14(13)8-7-12(2)15(16)17(20)21/h7-8,11H,3-6,9-10,18H2,1-2H3,(H,20,21). The van der Waals surface area contributed by atoms with E-state index in [-0.39, 0.29) is 0 Å². The Hall–Kier alpha value is -1.81. The van der Waals surface area contributed by atoms with Crippen LogP contribution in [-0.4, -0.2) is 22.2 Å². The second kappa shape index (κ2) is 6.76. The lowest BCUT2D eigenvalue weighted by Crippen LogP contribution is -2.08. The average molecular weight is 288 g/mol. The number of aryl methyl sites for hydroxylation is 3. The molecule has 0 aliphatic rings. The number of nitrogens with zero attached hydrogens (tertiary/aromatic N) is 1. The number of carboxylic acid groups (broad SMARTS) is 1. The number of rotatable bonds is 7. The van der Waals surface area contributed by atoms with E-state index in [0.29, 0.717) is 12.1 Å². The molecule has 0 unspecified atom stereocenters. The van der Waals surface area contributed by atoms with E-state index in [9.17, 15) is 9.90 Å². The minimum Gasteiger partial charge on any atom is -0.478 e. The number of aromatic carboxylic acids is 1. The number of carbonyl (C=O) groups is 1. The third kappa shape index (κ3) is 3.10. The van der Waals surface area contributed by atoms with Crippen LogP contribution in [0.25, 0.3) is 10.9 Å². The molecule has 0 radical (unpaired) electrons. The summed E-state index contributed by atoms with van der Waals surface area (Å²) in [6.45, 7) is 5.40. The Bertz CT molecular complexity index is 644. The van der Waals surface area contributed by atoms with E-state index in [2.05, 4.69) is 23.8 Å². The van der Waals surface area contributed by atoms with Crippen LogP contribution in [0.5, 0.6) is 0 Å². The average Bonchev–Trinajstić information content (AvgIpc) is 2.80. The molecule has 0 atom stereocenters. The van der Waals surface area contributed by atoms with E-state index < -0.39 is 5.97 Å². The molecule has 4 heteroatoms. The molecule has 114 valence electrons. The second-order valence-electron chi connectivity index (χ2n) is 5.55. The summed E-state index contributed by atoms with van der Waals surface area (Å²) in [5.41, 5.74) is 8.93. The quantitative estimate of drug-likeness (QED) is 0.821. The zero-order chi connectivity index (χ0) is 15.4. The van der Waals surface area contributed by atoms with Crippen LogP contribution in [-0.2, 0) is 13.0 Å². The number of carboxylic acids is 1. The van der Waals surface area contributed by atoms with Crippen molar-refractivity contribution < 1.29 is 9.90 Å². The Morgan fingerprint density at radius 2 is 2.10 bits per heavy atom. The fraction of sp³-hybridized carbons (Fsp3) is 0.471.